The van der Waals surface area contributed by atoms with Gasteiger partial charge in [0.1, 0.15) is 0 Å². The van der Waals surface area contributed by atoms with Gasteiger partial charge >= 0.3 is 6.03 Å². The van der Waals surface area contributed by atoms with Crippen LogP contribution in [0.5, 0.6) is 0 Å². The van der Waals surface area contributed by atoms with Crippen molar-refractivity contribution in [1.82, 2.24) is 21.5 Å². The largest absolute Gasteiger partial charge is 0.494 e. The van der Waals surface area contributed by atoms with Gasteiger partial charge in [-0.15, -0.1) is 0 Å². The standard InChI is InChI=1S/C17H28N4O4S/c1-10(8-13(22)11(2)25-3)20-21-15(23)7-5-4-6-14-16-12(9-26-14)18-17(24)19-16/h10,12,14,16,20H,2,4-9H2,1,3H3,(H,21,23)(H2,18,19,24)/t10?,12-,14-,16?/m0/s1. The van der Waals surface area contributed by atoms with E-state index in [4.69, 9.17) is 4.74 Å². The van der Waals surface area contributed by atoms with Crippen LogP contribution in [0.1, 0.15) is 39.0 Å². The maximum Gasteiger partial charge on any atom is 0.315 e. The summed E-state index contributed by atoms with van der Waals surface area (Å²) in [6, 6.07) is 0.174. The Morgan fingerprint density at radius 3 is 2.88 bits per heavy atom. The molecular formula is C17H28N4O4S. The molecule has 2 aliphatic rings. The fraction of sp³-hybridized carbons (Fsp3) is 0.706. The molecule has 4 N–H and O–H groups in total. The van der Waals surface area contributed by atoms with Crippen LogP contribution in [0.15, 0.2) is 12.3 Å². The van der Waals surface area contributed by atoms with E-state index in [9.17, 15) is 14.4 Å². The Hall–Kier alpha value is -1.74. The molecule has 2 saturated heterocycles. The number of fused-ring (bicyclic) bond motifs is 1. The molecule has 2 rings (SSSR count). The van der Waals surface area contributed by atoms with E-state index in [2.05, 4.69) is 28.1 Å². The van der Waals surface area contributed by atoms with Crippen LogP contribution in [0.25, 0.3) is 0 Å². The van der Waals surface area contributed by atoms with Crippen LogP contribution in [-0.2, 0) is 14.3 Å². The molecule has 0 saturated carbocycles. The number of amides is 3. The van der Waals surface area contributed by atoms with Crippen molar-refractivity contribution in [2.45, 2.75) is 62.4 Å². The van der Waals surface area contributed by atoms with E-state index in [0.717, 1.165) is 25.0 Å². The molecular weight excluding hydrogens is 356 g/mol. The molecule has 2 heterocycles. The first-order valence-corrected chi connectivity index (χ1v) is 9.94. The lowest BCUT2D eigenvalue weighted by Gasteiger charge is -2.17. The average Bonchev–Trinajstić information content (AvgIpc) is 3.15. The molecule has 0 bridgehead atoms. The van der Waals surface area contributed by atoms with Gasteiger partial charge < -0.3 is 15.4 Å². The topological polar surface area (TPSA) is 109 Å². The molecule has 0 spiro atoms. The second-order valence-corrected chi connectivity index (χ2v) is 7.99. The van der Waals surface area contributed by atoms with E-state index in [1.165, 1.54) is 7.11 Å². The van der Waals surface area contributed by atoms with Crippen molar-refractivity contribution < 1.29 is 19.1 Å². The highest BCUT2D eigenvalue weighted by molar-refractivity contribution is 8.00. The highest BCUT2D eigenvalue weighted by Gasteiger charge is 2.42. The average molecular weight is 385 g/mol. The van der Waals surface area contributed by atoms with Crippen molar-refractivity contribution in [2.75, 3.05) is 12.9 Å². The number of hydrogen-bond acceptors (Lipinski definition) is 6. The molecule has 0 aliphatic carbocycles. The number of ketones is 1. The number of thioether (sulfide) groups is 1. The summed E-state index contributed by atoms with van der Waals surface area (Å²) >= 11 is 1.88. The van der Waals surface area contributed by atoms with Crippen LogP contribution in [-0.4, -0.2) is 54.0 Å². The molecule has 2 aliphatic heterocycles. The van der Waals surface area contributed by atoms with Crippen molar-refractivity contribution in [1.29, 1.82) is 0 Å². The molecule has 0 radical (unpaired) electrons. The first-order chi connectivity index (χ1) is 12.4. The summed E-state index contributed by atoms with van der Waals surface area (Å²) in [6.07, 6.45) is 3.34. The summed E-state index contributed by atoms with van der Waals surface area (Å²) in [5.41, 5.74) is 5.46. The number of hydrazine groups is 1. The highest BCUT2D eigenvalue weighted by atomic mass is 32.2. The van der Waals surface area contributed by atoms with Crippen LogP contribution in [0.4, 0.5) is 4.79 Å². The second-order valence-electron chi connectivity index (χ2n) is 6.72. The third kappa shape index (κ3) is 5.91. The van der Waals surface area contributed by atoms with E-state index in [1.807, 2.05) is 11.8 Å². The number of ether oxygens (including phenoxy) is 1. The Morgan fingerprint density at radius 2 is 2.15 bits per heavy atom. The first kappa shape index (κ1) is 20.6. The summed E-state index contributed by atoms with van der Waals surface area (Å²) in [6.45, 7) is 5.32. The van der Waals surface area contributed by atoms with Crippen LogP contribution >= 0.6 is 11.8 Å². The minimum absolute atomic E-state index is 0.0718. The highest BCUT2D eigenvalue weighted by Crippen LogP contribution is 2.33. The summed E-state index contributed by atoms with van der Waals surface area (Å²) in [5.74, 6) is 0.779. The van der Waals surface area contributed by atoms with E-state index in [0.29, 0.717) is 11.7 Å². The van der Waals surface area contributed by atoms with Crippen LogP contribution < -0.4 is 21.5 Å². The van der Waals surface area contributed by atoms with E-state index in [-0.39, 0.29) is 48.0 Å². The maximum absolute atomic E-state index is 11.9. The molecule has 4 atom stereocenters. The van der Waals surface area contributed by atoms with Gasteiger partial charge in [-0.3, -0.25) is 15.0 Å². The number of Topliss-reactive ketones (excluding diaryl/α,β-unsaturated/α-hetero) is 1. The van der Waals surface area contributed by atoms with Gasteiger partial charge in [0.15, 0.2) is 11.5 Å². The van der Waals surface area contributed by atoms with Crippen molar-refractivity contribution in [3.8, 4) is 0 Å². The normalized spacial score (nSPS) is 25.0. The van der Waals surface area contributed by atoms with Crippen LogP contribution in [0.2, 0.25) is 0 Å². The number of allylic oxidation sites excluding steroid dienone is 1. The molecule has 0 aromatic heterocycles. The molecule has 2 unspecified atom stereocenters. The van der Waals surface area contributed by atoms with Gasteiger partial charge in [0.2, 0.25) is 5.91 Å². The maximum atomic E-state index is 11.9. The van der Waals surface area contributed by atoms with Crippen molar-refractivity contribution in [3.63, 3.8) is 0 Å². The van der Waals surface area contributed by atoms with E-state index >= 15 is 0 Å². The monoisotopic (exact) mass is 384 g/mol. The van der Waals surface area contributed by atoms with E-state index in [1.54, 1.807) is 6.92 Å². The quantitative estimate of drug-likeness (QED) is 0.138. The molecule has 26 heavy (non-hydrogen) atoms. The lowest BCUT2D eigenvalue weighted by atomic mass is 10.0. The summed E-state index contributed by atoms with van der Waals surface area (Å²) in [7, 11) is 1.40. The zero-order valence-corrected chi connectivity index (χ0v) is 16.1. The molecule has 0 aromatic carbocycles. The molecule has 146 valence electrons. The van der Waals surface area contributed by atoms with Crippen LogP contribution in [0.3, 0.4) is 0 Å². The second kappa shape index (κ2) is 9.82. The minimum atomic E-state index is -0.205. The zero-order chi connectivity index (χ0) is 19.1. The zero-order valence-electron chi connectivity index (χ0n) is 15.3. The van der Waals surface area contributed by atoms with Crippen molar-refractivity contribution >= 4 is 29.5 Å². The molecule has 8 nitrogen and oxygen atoms in total. The Labute approximate surface area is 158 Å². The predicted molar refractivity (Wildman–Crippen MR) is 100 cm³/mol. The molecule has 9 heteroatoms. The van der Waals surface area contributed by atoms with Crippen molar-refractivity contribution in [3.05, 3.63) is 12.3 Å². The lowest BCUT2D eigenvalue weighted by Crippen LogP contribution is -2.43. The van der Waals surface area contributed by atoms with Crippen molar-refractivity contribution in [2.24, 2.45) is 0 Å². The van der Waals surface area contributed by atoms with Gasteiger partial charge in [-0.05, 0) is 19.8 Å². The number of rotatable bonds is 11. The van der Waals surface area contributed by atoms with Gasteiger partial charge in [0, 0.05) is 29.9 Å². The molecule has 3 amide bonds. The Morgan fingerprint density at radius 1 is 1.38 bits per heavy atom. The number of carbonyl (C=O) groups is 3. The Bertz CT molecular complexity index is 557. The van der Waals surface area contributed by atoms with Gasteiger partial charge in [-0.2, -0.15) is 11.8 Å². The third-order valence-electron chi connectivity index (χ3n) is 4.59. The number of urea groups is 1. The Kier molecular flexibility index (Phi) is 7.77. The fourth-order valence-electron chi connectivity index (χ4n) is 3.10. The minimum Gasteiger partial charge on any atom is -0.494 e. The van der Waals surface area contributed by atoms with Gasteiger partial charge in [0.25, 0.3) is 0 Å². The number of carbonyl (C=O) groups excluding carboxylic acids is 3. The molecule has 2 fully saturated rings. The summed E-state index contributed by atoms with van der Waals surface area (Å²) < 4.78 is 4.79. The number of nitrogens with one attached hydrogen (secondary N) is 4. The Balaban J connectivity index is 1.54. The number of unbranched alkanes of at least 4 members (excludes halogenated alkanes) is 1. The number of hydrogen-bond donors (Lipinski definition) is 4. The smallest absolute Gasteiger partial charge is 0.315 e. The van der Waals surface area contributed by atoms with Gasteiger partial charge in [-0.1, -0.05) is 13.0 Å². The van der Waals surface area contributed by atoms with E-state index < -0.39 is 0 Å². The van der Waals surface area contributed by atoms with Gasteiger partial charge in [-0.25, -0.2) is 10.2 Å². The molecule has 0 aromatic rings. The van der Waals surface area contributed by atoms with Gasteiger partial charge in [0.05, 0.1) is 19.2 Å². The summed E-state index contributed by atoms with van der Waals surface area (Å²) in [5, 5.41) is 6.32. The SMILES string of the molecule is C=C(OC)C(=O)CC(C)NNC(=O)CCCC[C@@H]1SC[C@@H]2NC(=O)NC21. The van der Waals surface area contributed by atoms with Crippen LogP contribution in [0, 0.1) is 0 Å². The fourth-order valence-corrected chi connectivity index (χ4v) is 4.64. The predicted octanol–water partition coefficient (Wildman–Crippen LogP) is 0.841. The number of methoxy groups -OCH3 is 1. The lowest BCUT2D eigenvalue weighted by molar-refractivity contribution is -0.123. The summed E-state index contributed by atoms with van der Waals surface area (Å²) in [4.78, 5) is 34.9. The third-order valence-corrected chi connectivity index (χ3v) is 6.10. The first-order valence-electron chi connectivity index (χ1n) is 8.89.